The normalized spacial score (nSPS) is 25.5. The molecule has 1 saturated carbocycles. The molecule has 17 heavy (non-hydrogen) atoms. The van der Waals surface area contributed by atoms with Gasteiger partial charge in [-0.15, -0.1) is 0 Å². The van der Waals surface area contributed by atoms with Crippen molar-refractivity contribution in [3.63, 3.8) is 0 Å². The van der Waals surface area contributed by atoms with E-state index >= 15 is 0 Å². The minimum Gasteiger partial charge on any atom is -0.481 e. The van der Waals surface area contributed by atoms with Gasteiger partial charge >= 0.3 is 5.97 Å². The molecule has 1 rings (SSSR count). The van der Waals surface area contributed by atoms with Gasteiger partial charge < -0.3 is 16.2 Å². The molecule has 98 valence electrons. The molecule has 0 unspecified atom stereocenters. The summed E-state index contributed by atoms with van der Waals surface area (Å²) < 4.78 is 0. The number of unbranched alkanes of at least 4 members (excludes halogenated alkanes) is 1. The van der Waals surface area contributed by atoms with Gasteiger partial charge in [0.1, 0.15) is 0 Å². The Labute approximate surface area is 102 Å². The Balaban J connectivity index is 2.30. The zero-order valence-corrected chi connectivity index (χ0v) is 10.3. The Morgan fingerprint density at radius 3 is 2.71 bits per heavy atom. The number of hydrogen-bond acceptors (Lipinski definition) is 3. The number of carboxylic acids is 1. The van der Waals surface area contributed by atoms with E-state index in [0.717, 1.165) is 19.3 Å². The first kappa shape index (κ1) is 14.0. The highest BCUT2D eigenvalue weighted by Gasteiger charge is 2.31. The molecule has 4 N–H and O–H groups in total. The van der Waals surface area contributed by atoms with Gasteiger partial charge in [-0.25, -0.2) is 0 Å². The maximum absolute atomic E-state index is 11.7. The lowest BCUT2D eigenvalue weighted by Crippen LogP contribution is -2.44. The first-order chi connectivity index (χ1) is 8.04. The fourth-order valence-electron chi connectivity index (χ4n) is 2.20. The average Bonchev–Trinajstić information content (AvgIpc) is 2.74. The van der Waals surface area contributed by atoms with Gasteiger partial charge in [0.2, 0.25) is 5.91 Å². The minimum atomic E-state index is -0.767. The van der Waals surface area contributed by atoms with E-state index in [1.807, 2.05) is 0 Å². The summed E-state index contributed by atoms with van der Waals surface area (Å²) in [6.07, 6.45) is 4.56. The Kier molecular flexibility index (Phi) is 5.41. The molecule has 1 aliphatic carbocycles. The highest BCUT2D eigenvalue weighted by atomic mass is 16.4. The summed E-state index contributed by atoms with van der Waals surface area (Å²) >= 11 is 0. The maximum Gasteiger partial charge on any atom is 0.306 e. The van der Waals surface area contributed by atoms with E-state index in [4.69, 9.17) is 10.8 Å². The van der Waals surface area contributed by atoms with Crippen LogP contribution < -0.4 is 11.1 Å². The molecule has 0 heterocycles. The molecule has 1 amide bonds. The largest absolute Gasteiger partial charge is 0.481 e. The van der Waals surface area contributed by atoms with Gasteiger partial charge in [-0.2, -0.15) is 0 Å². The monoisotopic (exact) mass is 242 g/mol. The van der Waals surface area contributed by atoms with Gasteiger partial charge in [0.25, 0.3) is 0 Å². The minimum absolute atomic E-state index is 0.0173. The van der Waals surface area contributed by atoms with Crippen LogP contribution in [0.3, 0.4) is 0 Å². The van der Waals surface area contributed by atoms with Crippen molar-refractivity contribution < 1.29 is 14.7 Å². The van der Waals surface area contributed by atoms with Crippen LogP contribution in [0.5, 0.6) is 0 Å². The zero-order valence-electron chi connectivity index (χ0n) is 10.3. The number of amides is 1. The SMILES string of the molecule is CCCC[C@H](N)C(=O)N[C@H]1CC[C@@H](C(=O)O)C1. The van der Waals surface area contributed by atoms with Crippen molar-refractivity contribution in [1.82, 2.24) is 5.32 Å². The van der Waals surface area contributed by atoms with Crippen molar-refractivity contribution >= 4 is 11.9 Å². The van der Waals surface area contributed by atoms with Crippen LogP contribution in [0.4, 0.5) is 0 Å². The smallest absolute Gasteiger partial charge is 0.306 e. The predicted octanol–water partition coefficient (Wildman–Crippen LogP) is 0.873. The molecule has 0 saturated heterocycles. The Morgan fingerprint density at radius 2 is 2.18 bits per heavy atom. The lowest BCUT2D eigenvalue weighted by molar-refractivity contribution is -0.141. The third-order valence-corrected chi connectivity index (χ3v) is 3.33. The molecule has 5 heteroatoms. The molecular weight excluding hydrogens is 220 g/mol. The van der Waals surface area contributed by atoms with E-state index in [9.17, 15) is 9.59 Å². The Hall–Kier alpha value is -1.10. The fraction of sp³-hybridized carbons (Fsp3) is 0.833. The van der Waals surface area contributed by atoms with Gasteiger partial charge in [-0.05, 0) is 25.7 Å². The average molecular weight is 242 g/mol. The number of carboxylic acid groups (broad SMARTS) is 1. The summed E-state index contributed by atoms with van der Waals surface area (Å²) in [5.74, 6) is -1.22. The van der Waals surface area contributed by atoms with E-state index < -0.39 is 12.0 Å². The standard InChI is InChI=1S/C12H22N2O3/c1-2-3-4-10(13)11(15)14-9-6-5-8(7-9)12(16)17/h8-10H,2-7,13H2,1H3,(H,14,15)(H,16,17)/t8-,9+,10+/m1/s1. The van der Waals surface area contributed by atoms with Crippen molar-refractivity contribution in [1.29, 1.82) is 0 Å². The van der Waals surface area contributed by atoms with Crippen LogP contribution >= 0.6 is 0 Å². The summed E-state index contributed by atoms with van der Waals surface area (Å²) in [5.41, 5.74) is 5.75. The van der Waals surface area contributed by atoms with Crippen molar-refractivity contribution in [2.24, 2.45) is 11.7 Å². The second-order valence-electron chi connectivity index (χ2n) is 4.80. The van der Waals surface area contributed by atoms with Crippen molar-refractivity contribution in [3.05, 3.63) is 0 Å². The summed E-state index contributed by atoms with van der Waals surface area (Å²) in [7, 11) is 0. The molecule has 5 nitrogen and oxygen atoms in total. The Bertz CT molecular complexity index is 281. The summed E-state index contributed by atoms with van der Waals surface area (Å²) in [4.78, 5) is 22.5. The molecular formula is C12H22N2O3. The highest BCUT2D eigenvalue weighted by molar-refractivity contribution is 5.82. The maximum atomic E-state index is 11.7. The third-order valence-electron chi connectivity index (χ3n) is 3.33. The first-order valence-corrected chi connectivity index (χ1v) is 6.33. The number of nitrogens with two attached hydrogens (primary N) is 1. The lowest BCUT2D eigenvalue weighted by atomic mass is 10.1. The van der Waals surface area contributed by atoms with Gasteiger partial charge in [0, 0.05) is 6.04 Å². The molecule has 0 bridgehead atoms. The second kappa shape index (κ2) is 6.59. The second-order valence-corrected chi connectivity index (χ2v) is 4.80. The number of nitrogens with one attached hydrogen (secondary N) is 1. The molecule has 1 fully saturated rings. The number of hydrogen-bond donors (Lipinski definition) is 3. The molecule has 0 aromatic rings. The molecule has 1 aliphatic rings. The van der Waals surface area contributed by atoms with E-state index in [-0.39, 0.29) is 17.9 Å². The van der Waals surface area contributed by atoms with Crippen LogP contribution in [0.15, 0.2) is 0 Å². The molecule has 3 atom stereocenters. The Morgan fingerprint density at radius 1 is 1.47 bits per heavy atom. The molecule has 0 aromatic carbocycles. The van der Waals surface area contributed by atoms with Crippen molar-refractivity contribution in [2.75, 3.05) is 0 Å². The molecule has 0 aliphatic heterocycles. The van der Waals surface area contributed by atoms with Crippen LogP contribution in [-0.2, 0) is 9.59 Å². The van der Waals surface area contributed by atoms with Crippen LogP contribution in [0.1, 0.15) is 45.4 Å². The van der Waals surface area contributed by atoms with E-state index in [1.54, 1.807) is 0 Å². The van der Waals surface area contributed by atoms with Crippen molar-refractivity contribution in [2.45, 2.75) is 57.5 Å². The topological polar surface area (TPSA) is 92.4 Å². The van der Waals surface area contributed by atoms with Crippen molar-refractivity contribution in [3.8, 4) is 0 Å². The predicted molar refractivity (Wildman–Crippen MR) is 64.4 cm³/mol. The van der Waals surface area contributed by atoms with Gasteiger partial charge in [-0.3, -0.25) is 9.59 Å². The first-order valence-electron chi connectivity index (χ1n) is 6.33. The number of carbonyl (C=O) groups excluding carboxylic acids is 1. The van der Waals surface area contributed by atoms with Gasteiger partial charge in [0.15, 0.2) is 0 Å². The van der Waals surface area contributed by atoms with Crippen LogP contribution in [0, 0.1) is 5.92 Å². The van der Waals surface area contributed by atoms with E-state index in [2.05, 4.69) is 12.2 Å². The van der Waals surface area contributed by atoms with E-state index in [0.29, 0.717) is 19.3 Å². The summed E-state index contributed by atoms with van der Waals surface area (Å²) in [6.45, 7) is 2.05. The number of rotatable bonds is 6. The highest BCUT2D eigenvalue weighted by Crippen LogP contribution is 2.25. The van der Waals surface area contributed by atoms with Crippen LogP contribution in [-0.4, -0.2) is 29.1 Å². The van der Waals surface area contributed by atoms with E-state index in [1.165, 1.54) is 0 Å². The number of carbonyl (C=O) groups is 2. The fourth-order valence-corrected chi connectivity index (χ4v) is 2.20. The summed E-state index contributed by atoms with van der Waals surface area (Å²) in [6, 6.07) is -0.477. The molecule has 0 radical (unpaired) electrons. The lowest BCUT2D eigenvalue weighted by Gasteiger charge is -2.16. The molecule has 0 aromatic heterocycles. The summed E-state index contributed by atoms with van der Waals surface area (Å²) in [5, 5.41) is 11.7. The van der Waals surface area contributed by atoms with Crippen LogP contribution in [0.2, 0.25) is 0 Å². The van der Waals surface area contributed by atoms with Gasteiger partial charge in [0.05, 0.1) is 12.0 Å². The molecule has 0 spiro atoms. The quantitative estimate of drug-likeness (QED) is 0.644. The number of aliphatic carboxylic acids is 1. The van der Waals surface area contributed by atoms with Crippen LogP contribution in [0.25, 0.3) is 0 Å². The third kappa shape index (κ3) is 4.34. The zero-order chi connectivity index (χ0) is 12.8. The van der Waals surface area contributed by atoms with Gasteiger partial charge in [-0.1, -0.05) is 19.8 Å².